The summed E-state index contributed by atoms with van der Waals surface area (Å²) in [6.07, 6.45) is 0.638. The van der Waals surface area contributed by atoms with Crippen LogP contribution in [0.5, 0.6) is 5.75 Å². The molecule has 1 atom stereocenters. The Morgan fingerprint density at radius 2 is 2.24 bits per heavy atom. The van der Waals surface area contributed by atoms with Crippen LogP contribution in [0.15, 0.2) is 18.2 Å². The minimum atomic E-state index is -0.735. The zero-order valence-electron chi connectivity index (χ0n) is 12.7. The normalized spacial score (nSPS) is 22.7. The summed E-state index contributed by atoms with van der Waals surface area (Å²) in [6.45, 7) is 5.68. The predicted molar refractivity (Wildman–Crippen MR) is 77.8 cm³/mol. The topological polar surface area (TPSA) is 49.8 Å². The molecule has 0 aliphatic carbocycles. The molecule has 1 saturated heterocycles. The van der Waals surface area contributed by atoms with Crippen molar-refractivity contribution in [2.45, 2.75) is 26.8 Å². The van der Waals surface area contributed by atoms with E-state index in [0.717, 1.165) is 12.1 Å². The second-order valence-corrected chi connectivity index (χ2v) is 6.05. The van der Waals surface area contributed by atoms with Gasteiger partial charge in [0.1, 0.15) is 0 Å². The van der Waals surface area contributed by atoms with E-state index in [9.17, 15) is 14.3 Å². The average molecular weight is 295 g/mol. The fourth-order valence-electron chi connectivity index (χ4n) is 3.01. The van der Waals surface area contributed by atoms with Gasteiger partial charge in [0.05, 0.1) is 12.5 Å². The van der Waals surface area contributed by atoms with Gasteiger partial charge in [-0.05, 0) is 36.6 Å². The van der Waals surface area contributed by atoms with Crippen molar-refractivity contribution in [3.8, 4) is 5.75 Å². The van der Waals surface area contributed by atoms with Crippen molar-refractivity contribution in [2.24, 2.45) is 11.3 Å². The van der Waals surface area contributed by atoms with E-state index in [1.165, 1.54) is 13.2 Å². The number of carboxylic acid groups (broad SMARTS) is 1. The Balaban J connectivity index is 2.09. The highest BCUT2D eigenvalue weighted by molar-refractivity contribution is 5.75. The lowest BCUT2D eigenvalue weighted by Crippen LogP contribution is -2.39. The maximum atomic E-state index is 13.7. The van der Waals surface area contributed by atoms with Gasteiger partial charge in [-0.2, -0.15) is 0 Å². The molecular formula is C16H22FNO3. The van der Waals surface area contributed by atoms with E-state index in [4.69, 9.17) is 4.74 Å². The van der Waals surface area contributed by atoms with Crippen molar-refractivity contribution in [3.05, 3.63) is 29.6 Å². The van der Waals surface area contributed by atoms with E-state index in [1.54, 1.807) is 6.07 Å². The Hall–Kier alpha value is -1.62. The molecule has 1 aliphatic heterocycles. The highest BCUT2D eigenvalue weighted by Gasteiger charge is 2.47. The van der Waals surface area contributed by atoms with Crippen molar-refractivity contribution in [2.75, 3.05) is 20.2 Å². The van der Waals surface area contributed by atoms with Crippen LogP contribution in [0.3, 0.4) is 0 Å². The lowest BCUT2D eigenvalue weighted by atomic mass is 9.76. The summed E-state index contributed by atoms with van der Waals surface area (Å²) in [5, 5.41) is 9.53. The summed E-state index contributed by atoms with van der Waals surface area (Å²) in [6, 6.07) is 4.88. The quantitative estimate of drug-likeness (QED) is 0.907. The van der Waals surface area contributed by atoms with E-state index < -0.39 is 11.4 Å². The molecule has 0 amide bonds. The Labute approximate surface area is 124 Å². The molecule has 1 aromatic rings. The molecule has 21 heavy (non-hydrogen) atoms. The number of hydrogen-bond donors (Lipinski definition) is 1. The summed E-state index contributed by atoms with van der Waals surface area (Å²) in [7, 11) is 1.43. The van der Waals surface area contributed by atoms with Crippen molar-refractivity contribution >= 4 is 5.97 Å². The Kier molecular flexibility index (Phi) is 4.52. The molecule has 0 aromatic heterocycles. The molecule has 1 N–H and O–H groups in total. The van der Waals surface area contributed by atoms with Gasteiger partial charge < -0.3 is 9.84 Å². The zero-order valence-corrected chi connectivity index (χ0v) is 12.7. The van der Waals surface area contributed by atoms with E-state index in [0.29, 0.717) is 19.5 Å². The maximum absolute atomic E-state index is 13.7. The van der Waals surface area contributed by atoms with Gasteiger partial charge in [0.25, 0.3) is 0 Å². The van der Waals surface area contributed by atoms with Crippen LogP contribution in [0.4, 0.5) is 4.39 Å². The molecule has 0 saturated carbocycles. The predicted octanol–water partition coefficient (Wildman–Crippen LogP) is 2.77. The molecule has 2 rings (SSSR count). The van der Waals surface area contributed by atoms with Gasteiger partial charge >= 0.3 is 5.97 Å². The smallest absolute Gasteiger partial charge is 0.311 e. The van der Waals surface area contributed by atoms with Crippen molar-refractivity contribution in [3.63, 3.8) is 0 Å². The minimum absolute atomic E-state index is 0.0765. The fourth-order valence-corrected chi connectivity index (χ4v) is 3.01. The molecule has 0 bridgehead atoms. The van der Waals surface area contributed by atoms with Gasteiger partial charge in [-0.15, -0.1) is 0 Å². The summed E-state index contributed by atoms with van der Waals surface area (Å²) in [5.74, 6) is -0.821. The summed E-state index contributed by atoms with van der Waals surface area (Å²) < 4.78 is 18.6. The highest BCUT2D eigenvalue weighted by atomic mass is 19.1. The number of likely N-dealkylation sites (tertiary alicyclic amines) is 1. The van der Waals surface area contributed by atoms with Gasteiger partial charge in [-0.1, -0.05) is 19.9 Å². The first-order valence-corrected chi connectivity index (χ1v) is 7.17. The first-order chi connectivity index (χ1) is 9.89. The second kappa shape index (κ2) is 6.02. The van der Waals surface area contributed by atoms with Gasteiger partial charge in [0.2, 0.25) is 0 Å². The third-order valence-corrected chi connectivity index (χ3v) is 4.53. The van der Waals surface area contributed by atoms with E-state index in [2.05, 4.69) is 4.90 Å². The fraction of sp³-hybridized carbons (Fsp3) is 0.562. The number of benzene rings is 1. The lowest BCUT2D eigenvalue weighted by Gasteiger charge is -2.28. The van der Waals surface area contributed by atoms with Gasteiger partial charge in [0.15, 0.2) is 11.6 Å². The van der Waals surface area contributed by atoms with Crippen LogP contribution in [0, 0.1) is 17.2 Å². The molecule has 1 unspecified atom stereocenters. The number of halogens is 1. The number of carbonyl (C=O) groups is 1. The largest absolute Gasteiger partial charge is 0.494 e. The van der Waals surface area contributed by atoms with Crippen LogP contribution < -0.4 is 4.74 Å². The molecule has 1 fully saturated rings. The third-order valence-electron chi connectivity index (χ3n) is 4.53. The molecule has 1 aromatic carbocycles. The number of hydrogen-bond acceptors (Lipinski definition) is 3. The number of ether oxygens (including phenoxy) is 1. The Morgan fingerprint density at radius 1 is 1.52 bits per heavy atom. The van der Waals surface area contributed by atoms with Crippen LogP contribution in [0.2, 0.25) is 0 Å². The number of nitrogens with zero attached hydrogens (tertiary/aromatic N) is 1. The van der Waals surface area contributed by atoms with Crippen molar-refractivity contribution in [1.82, 2.24) is 4.90 Å². The van der Waals surface area contributed by atoms with Crippen molar-refractivity contribution < 1.29 is 19.0 Å². The monoisotopic (exact) mass is 295 g/mol. The Morgan fingerprint density at radius 3 is 2.71 bits per heavy atom. The zero-order chi connectivity index (χ0) is 15.6. The van der Waals surface area contributed by atoms with Crippen LogP contribution in [0.1, 0.15) is 25.8 Å². The Bertz CT molecular complexity index is 532. The molecule has 5 heteroatoms. The molecule has 116 valence electrons. The first kappa shape index (κ1) is 15.8. The lowest BCUT2D eigenvalue weighted by molar-refractivity contribution is -0.151. The highest BCUT2D eigenvalue weighted by Crippen LogP contribution is 2.38. The van der Waals surface area contributed by atoms with E-state index >= 15 is 0 Å². The van der Waals surface area contributed by atoms with E-state index in [-0.39, 0.29) is 17.5 Å². The average Bonchev–Trinajstić information content (AvgIpc) is 2.84. The number of carboxylic acids is 1. The number of methoxy groups -OCH3 is 1. The number of rotatable bonds is 5. The van der Waals surface area contributed by atoms with Crippen LogP contribution in [0.25, 0.3) is 0 Å². The SMILES string of the molecule is COc1ccc(CN2CCC(C(=O)O)(C(C)C)C2)cc1F. The van der Waals surface area contributed by atoms with Gasteiger partial charge in [-0.25, -0.2) is 4.39 Å². The third kappa shape index (κ3) is 3.02. The molecule has 0 radical (unpaired) electrons. The molecule has 1 aliphatic rings. The summed E-state index contributed by atoms with van der Waals surface area (Å²) in [5.41, 5.74) is 0.142. The van der Waals surface area contributed by atoms with Gasteiger partial charge in [0, 0.05) is 13.1 Å². The van der Waals surface area contributed by atoms with Gasteiger partial charge in [-0.3, -0.25) is 9.69 Å². The summed E-state index contributed by atoms with van der Waals surface area (Å²) in [4.78, 5) is 13.7. The molecule has 0 spiro atoms. The first-order valence-electron chi connectivity index (χ1n) is 7.17. The second-order valence-electron chi connectivity index (χ2n) is 6.05. The van der Waals surface area contributed by atoms with Crippen LogP contribution in [-0.4, -0.2) is 36.2 Å². The molecular weight excluding hydrogens is 273 g/mol. The van der Waals surface area contributed by atoms with Crippen LogP contribution in [-0.2, 0) is 11.3 Å². The summed E-state index contributed by atoms with van der Waals surface area (Å²) >= 11 is 0. The van der Waals surface area contributed by atoms with E-state index in [1.807, 2.05) is 19.9 Å². The minimum Gasteiger partial charge on any atom is -0.494 e. The molecule has 1 heterocycles. The standard InChI is InChI=1S/C16H22FNO3/c1-11(2)16(15(19)20)6-7-18(10-16)9-12-4-5-14(21-3)13(17)8-12/h4-5,8,11H,6-7,9-10H2,1-3H3,(H,19,20). The number of aliphatic carboxylic acids is 1. The molecule has 4 nitrogen and oxygen atoms in total. The van der Waals surface area contributed by atoms with Crippen LogP contribution >= 0.6 is 0 Å². The maximum Gasteiger partial charge on any atom is 0.311 e. The van der Waals surface area contributed by atoms with Crippen molar-refractivity contribution in [1.29, 1.82) is 0 Å².